The Bertz CT molecular complexity index is 382. The lowest BCUT2D eigenvalue weighted by Gasteiger charge is -2.13. The monoisotopic (exact) mass is 302 g/mol. The number of hydrogen-bond acceptors (Lipinski definition) is 4. The van der Waals surface area contributed by atoms with E-state index in [1.54, 1.807) is 18.7 Å². The standard InChI is InChI=1S/C11H15BrN2OS/c1-6(15)7(2)16-10-5-9(12)13-11(14-10)8-3-4-8/h5-8,15H,3-4H2,1-2H3. The SMILES string of the molecule is CC(O)C(C)Sc1cc(Br)nc(C2CC2)n1. The van der Waals surface area contributed by atoms with Crippen LogP contribution < -0.4 is 0 Å². The molecule has 16 heavy (non-hydrogen) atoms. The molecule has 3 nitrogen and oxygen atoms in total. The molecular formula is C11H15BrN2OS. The van der Waals surface area contributed by atoms with Crippen molar-refractivity contribution in [2.24, 2.45) is 0 Å². The van der Waals surface area contributed by atoms with E-state index in [4.69, 9.17) is 0 Å². The molecule has 1 N–H and O–H groups in total. The fraction of sp³-hybridized carbons (Fsp3) is 0.636. The minimum atomic E-state index is -0.330. The topological polar surface area (TPSA) is 46.0 Å². The lowest BCUT2D eigenvalue weighted by molar-refractivity contribution is 0.196. The highest BCUT2D eigenvalue weighted by molar-refractivity contribution is 9.10. The van der Waals surface area contributed by atoms with E-state index < -0.39 is 0 Å². The number of thioether (sulfide) groups is 1. The molecule has 0 amide bonds. The van der Waals surface area contributed by atoms with Crippen molar-refractivity contribution in [3.8, 4) is 0 Å². The molecule has 1 fully saturated rings. The van der Waals surface area contributed by atoms with Gasteiger partial charge < -0.3 is 5.11 Å². The molecule has 0 aliphatic heterocycles. The molecule has 0 saturated heterocycles. The highest BCUT2D eigenvalue weighted by Crippen LogP contribution is 2.39. The Morgan fingerprint density at radius 2 is 2.12 bits per heavy atom. The van der Waals surface area contributed by atoms with Gasteiger partial charge in [-0.25, -0.2) is 9.97 Å². The predicted octanol–water partition coefficient (Wildman–Crippen LogP) is 2.98. The summed E-state index contributed by atoms with van der Waals surface area (Å²) in [5.74, 6) is 1.49. The van der Waals surface area contributed by atoms with Crippen molar-refractivity contribution in [1.82, 2.24) is 9.97 Å². The summed E-state index contributed by atoms with van der Waals surface area (Å²) >= 11 is 5.00. The van der Waals surface area contributed by atoms with Crippen LogP contribution in [0.1, 0.15) is 38.4 Å². The second-order valence-electron chi connectivity index (χ2n) is 4.22. The summed E-state index contributed by atoms with van der Waals surface area (Å²) in [5, 5.41) is 10.6. The molecule has 0 bridgehead atoms. The summed E-state index contributed by atoms with van der Waals surface area (Å²) in [6.07, 6.45) is 2.07. The van der Waals surface area contributed by atoms with Crippen LogP contribution in [0.2, 0.25) is 0 Å². The number of nitrogens with zero attached hydrogens (tertiary/aromatic N) is 2. The number of halogens is 1. The third kappa shape index (κ3) is 3.18. The summed E-state index contributed by atoms with van der Waals surface area (Å²) in [7, 11) is 0. The van der Waals surface area contributed by atoms with Crippen molar-refractivity contribution in [2.75, 3.05) is 0 Å². The number of hydrogen-bond donors (Lipinski definition) is 1. The Morgan fingerprint density at radius 1 is 1.44 bits per heavy atom. The lowest BCUT2D eigenvalue weighted by atomic mass is 10.3. The van der Waals surface area contributed by atoms with Gasteiger partial charge in [0, 0.05) is 17.2 Å². The zero-order valence-electron chi connectivity index (χ0n) is 9.35. The maximum absolute atomic E-state index is 9.47. The molecule has 1 aliphatic carbocycles. The lowest BCUT2D eigenvalue weighted by Crippen LogP contribution is -2.15. The van der Waals surface area contributed by atoms with Crippen LogP contribution in [-0.4, -0.2) is 26.4 Å². The molecule has 1 aromatic heterocycles. The van der Waals surface area contributed by atoms with Gasteiger partial charge in [-0.2, -0.15) is 0 Å². The van der Waals surface area contributed by atoms with Gasteiger partial charge in [-0.15, -0.1) is 11.8 Å². The van der Waals surface area contributed by atoms with Crippen molar-refractivity contribution >= 4 is 27.7 Å². The van der Waals surface area contributed by atoms with Crippen molar-refractivity contribution in [1.29, 1.82) is 0 Å². The van der Waals surface area contributed by atoms with E-state index in [-0.39, 0.29) is 11.4 Å². The normalized spacial score (nSPS) is 19.5. The highest BCUT2D eigenvalue weighted by atomic mass is 79.9. The van der Waals surface area contributed by atoms with Gasteiger partial charge in [-0.1, -0.05) is 6.92 Å². The van der Waals surface area contributed by atoms with Crippen LogP contribution in [0.3, 0.4) is 0 Å². The van der Waals surface area contributed by atoms with E-state index in [0.717, 1.165) is 15.5 Å². The van der Waals surface area contributed by atoms with Crippen molar-refractivity contribution in [3.05, 3.63) is 16.5 Å². The molecule has 0 spiro atoms. The van der Waals surface area contributed by atoms with E-state index in [1.807, 2.05) is 13.0 Å². The Hall–Kier alpha value is -0.130. The van der Waals surface area contributed by atoms with Crippen LogP contribution in [0, 0.1) is 0 Å². The summed E-state index contributed by atoms with van der Waals surface area (Å²) in [4.78, 5) is 8.91. The van der Waals surface area contributed by atoms with Crippen molar-refractivity contribution < 1.29 is 5.11 Å². The first-order chi connectivity index (χ1) is 7.56. The number of aromatic nitrogens is 2. The Kier molecular flexibility index (Phi) is 3.87. The van der Waals surface area contributed by atoms with Crippen molar-refractivity contribution in [3.63, 3.8) is 0 Å². The van der Waals surface area contributed by atoms with E-state index in [2.05, 4.69) is 25.9 Å². The molecule has 1 aliphatic rings. The zero-order valence-corrected chi connectivity index (χ0v) is 11.8. The van der Waals surface area contributed by atoms with Gasteiger partial charge >= 0.3 is 0 Å². The Morgan fingerprint density at radius 3 is 2.69 bits per heavy atom. The first kappa shape index (κ1) is 12.3. The minimum Gasteiger partial charge on any atom is -0.392 e. The van der Waals surface area contributed by atoms with Gasteiger partial charge in [-0.3, -0.25) is 0 Å². The summed E-state index contributed by atoms with van der Waals surface area (Å²) in [6.45, 7) is 3.80. The van der Waals surface area contributed by atoms with Gasteiger partial charge in [0.15, 0.2) is 0 Å². The molecule has 2 atom stereocenters. The van der Waals surface area contributed by atoms with Crippen LogP contribution in [-0.2, 0) is 0 Å². The van der Waals surface area contributed by atoms with E-state index in [1.165, 1.54) is 12.8 Å². The predicted molar refractivity (Wildman–Crippen MR) is 68.7 cm³/mol. The van der Waals surface area contributed by atoms with Gasteiger partial charge in [0.05, 0.1) is 6.10 Å². The summed E-state index contributed by atoms with van der Waals surface area (Å²) in [6, 6.07) is 1.91. The highest BCUT2D eigenvalue weighted by Gasteiger charge is 2.27. The first-order valence-corrected chi connectivity index (χ1v) is 7.12. The Balaban J connectivity index is 2.13. The maximum Gasteiger partial charge on any atom is 0.134 e. The number of aliphatic hydroxyl groups is 1. The smallest absolute Gasteiger partial charge is 0.134 e. The molecule has 0 aromatic carbocycles. The quantitative estimate of drug-likeness (QED) is 0.686. The number of aliphatic hydroxyl groups excluding tert-OH is 1. The molecule has 2 unspecified atom stereocenters. The van der Waals surface area contributed by atoms with Crippen molar-refractivity contribution in [2.45, 2.75) is 49.0 Å². The fourth-order valence-corrected chi connectivity index (χ4v) is 2.74. The van der Waals surface area contributed by atoms with Crippen LogP contribution >= 0.6 is 27.7 Å². The van der Waals surface area contributed by atoms with E-state index in [9.17, 15) is 5.11 Å². The molecule has 2 rings (SSSR count). The second-order valence-corrected chi connectivity index (χ2v) is 6.43. The van der Waals surface area contributed by atoms with Crippen LogP contribution in [0.25, 0.3) is 0 Å². The Labute approximate surface area is 108 Å². The summed E-state index contributed by atoms with van der Waals surface area (Å²) in [5.41, 5.74) is 0. The second kappa shape index (κ2) is 5.02. The maximum atomic E-state index is 9.47. The summed E-state index contributed by atoms with van der Waals surface area (Å²) < 4.78 is 0.838. The fourth-order valence-electron chi connectivity index (χ4n) is 1.29. The molecule has 1 saturated carbocycles. The van der Waals surface area contributed by atoms with Gasteiger partial charge in [0.1, 0.15) is 15.5 Å². The first-order valence-electron chi connectivity index (χ1n) is 5.45. The zero-order chi connectivity index (χ0) is 11.7. The van der Waals surface area contributed by atoms with Crippen LogP contribution in [0.5, 0.6) is 0 Å². The average Bonchev–Trinajstić information content (AvgIpc) is 2.99. The molecule has 0 radical (unpaired) electrons. The van der Waals surface area contributed by atoms with E-state index >= 15 is 0 Å². The minimum absolute atomic E-state index is 0.147. The molecular weight excluding hydrogens is 288 g/mol. The van der Waals surface area contributed by atoms with Gasteiger partial charge in [-0.05, 0) is 35.7 Å². The number of rotatable bonds is 4. The van der Waals surface area contributed by atoms with E-state index in [0.29, 0.717) is 5.92 Å². The molecule has 1 heterocycles. The van der Waals surface area contributed by atoms with Gasteiger partial charge in [0.2, 0.25) is 0 Å². The third-order valence-corrected chi connectivity index (χ3v) is 4.24. The molecule has 88 valence electrons. The van der Waals surface area contributed by atoms with Gasteiger partial charge in [0.25, 0.3) is 0 Å². The van der Waals surface area contributed by atoms with Crippen LogP contribution in [0.4, 0.5) is 0 Å². The van der Waals surface area contributed by atoms with Crippen LogP contribution in [0.15, 0.2) is 15.7 Å². The largest absolute Gasteiger partial charge is 0.392 e. The third-order valence-electron chi connectivity index (χ3n) is 2.62. The average molecular weight is 303 g/mol. The molecule has 1 aromatic rings. The molecule has 5 heteroatoms.